The van der Waals surface area contributed by atoms with Crippen LogP contribution in [0.1, 0.15) is 36.5 Å². The Hall–Kier alpha value is -2.42. The molecule has 0 saturated heterocycles. The summed E-state index contributed by atoms with van der Waals surface area (Å²) in [5.74, 6) is 0.938. The summed E-state index contributed by atoms with van der Waals surface area (Å²) in [6.45, 7) is 4.77. The molecule has 1 heterocycles. The zero-order chi connectivity index (χ0) is 21.1. The highest BCUT2D eigenvalue weighted by atomic mass is 32.1. The van der Waals surface area contributed by atoms with Crippen molar-refractivity contribution in [2.45, 2.75) is 46.8 Å². The smallest absolute Gasteiger partial charge is 0.387 e. The van der Waals surface area contributed by atoms with Gasteiger partial charge in [-0.05, 0) is 33.3 Å². The van der Waals surface area contributed by atoms with Crippen LogP contribution in [0.5, 0.6) is 11.5 Å². The predicted octanol–water partition coefficient (Wildman–Crippen LogP) is 4.14. The van der Waals surface area contributed by atoms with E-state index in [0.29, 0.717) is 24.7 Å². The Morgan fingerprint density at radius 2 is 2.10 bits per heavy atom. The average Bonchev–Trinajstić information content (AvgIpc) is 3.10. The highest BCUT2D eigenvalue weighted by molar-refractivity contribution is 7.09. The van der Waals surface area contributed by atoms with Gasteiger partial charge < -0.3 is 20.1 Å². The molecule has 0 aliphatic heterocycles. The molecule has 6 nitrogen and oxygen atoms in total. The van der Waals surface area contributed by atoms with E-state index >= 15 is 0 Å². The van der Waals surface area contributed by atoms with E-state index in [0.717, 1.165) is 30.1 Å². The van der Waals surface area contributed by atoms with Gasteiger partial charge in [-0.2, -0.15) is 8.78 Å². The summed E-state index contributed by atoms with van der Waals surface area (Å²) in [7, 11) is 0. The molecule has 0 amide bonds. The van der Waals surface area contributed by atoms with Crippen molar-refractivity contribution in [3.05, 3.63) is 39.8 Å². The van der Waals surface area contributed by atoms with E-state index < -0.39 is 6.61 Å². The van der Waals surface area contributed by atoms with Crippen LogP contribution in [0.25, 0.3) is 0 Å². The minimum atomic E-state index is -2.93. The van der Waals surface area contributed by atoms with E-state index in [-0.39, 0.29) is 18.0 Å². The number of thiazole rings is 1. The lowest BCUT2D eigenvalue weighted by atomic mass is 10.2. The number of halogens is 2. The third kappa shape index (κ3) is 7.84. The predicted molar refractivity (Wildman–Crippen MR) is 112 cm³/mol. The molecular formula is C20H28F2N4O2S. The zero-order valence-corrected chi connectivity index (χ0v) is 17.8. The fourth-order valence-corrected chi connectivity index (χ4v) is 3.47. The third-order valence-electron chi connectivity index (χ3n) is 3.85. The molecule has 1 aromatic heterocycles. The van der Waals surface area contributed by atoms with E-state index in [4.69, 9.17) is 9.47 Å². The minimum absolute atomic E-state index is 0.0306. The standard InChI is InChI=1S/C20H28F2N4O2S/c1-4-23-20(24-11-7-10-17-26-14(3)13-29-17)25-12-15-8-6-9-16(27-5-2)18(15)28-19(21)22/h6,8-9,13,19H,4-5,7,10-12H2,1-3H3,(H2,23,24,25). The van der Waals surface area contributed by atoms with Gasteiger partial charge in [-0.1, -0.05) is 12.1 Å². The van der Waals surface area contributed by atoms with Crippen LogP contribution < -0.4 is 20.1 Å². The van der Waals surface area contributed by atoms with Crippen LogP contribution in [0.4, 0.5) is 8.78 Å². The van der Waals surface area contributed by atoms with Gasteiger partial charge in [0.15, 0.2) is 17.5 Å². The number of alkyl halides is 2. The lowest BCUT2D eigenvalue weighted by Gasteiger charge is -2.15. The molecule has 0 bridgehead atoms. The Bertz CT molecular complexity index is 784. The fourth-order valence-electron chi connectivity index (χ4n) is 2.65. The lowest BCUT2D eigenvalue weighted by molar-refractivity contribution is -0.0520. The SMILES string of the molecule is CCNC(=NCc1cccc(OCC)c1OC(F)F)NCCCc1nc(C)cs1. The number of rotatable bonds is 11. The maximum Gasteiger partial charge on any atom is 0.387 e. The number of hydrogen-bond donors (Lipinski definition) is 2. The second-order valence-corrected chi connectivity index (χ2v) is 7.11. The highest BCUT2D eigenvalue weighted by Gasteiger charge is 2.15. The molecule has 29 heavy (non-hydrogen) atoms. The first-order chi connectivity index (χ1) is 14.0. The number of hydrogen-bond acceptors (Lipinski definition) is 5. The van der Waals surface area contributed by atoms with Gasteiger partial charge in [0, 0.05) is 36.1 Å². The van der Waals surface area contributed by atoms with E-state index in [1.54, 1.807) is 36.5 Å². The molecule has 0 unspecified atom stereocenters. The molecule has 0 radical (unpaired) electrons. The fraction of sp³-hybridized carbons (Fsp3) is 0.500. The number of nitrogens with one attached hydrogen (secondary N) is 2. The minimum Gasteiger partial charge on any atom is -0.490 e. The first-order valence-corrected chi connectivity index (χ1v) is 10.5. The maximum atomic E-state index is 12.8. The van der Waals surface area contributed by atoms with Crippen molar-refractivity contribution in [3.63, 3.8) is 0 Å². The molecule has 0 aliphatic rings. The number of guanidine groups is 1. The van der Waals surface area contributed by atoms with Gasteiger partial charge in [-0.3, -0.25) is 0 Å². The van der Waals surface area contributed by atoms with Gasteiger partial charge >= 0.3 is 6.61 Å². The van der Waals surface area contributed by atoms with Crippen molar-refractivity contribution < 1.29 is 18.3 Å². The van der Waals surface area contributed by atoms with E-state index in [2.05, 4.69) is 20.6 Å². The molecule has 1 aromatic carbocycles. The first-order valence-electron chi connectivity index (χ1n) is 9.66. The van der Waals surface area contributed by atoms with Crippen molar-refractivity contribution in [2.24, 2.45) is 4.99 Å². The summed E-state index contributed by atoms with van der Waals surface area (Å²) in [4.78, 5) is 8.96. The van der Waals surface area contributed by atoms with E-state index in [1.165, 1.54) is 0 Å². The van der Waals surface area contributed by atoms with Crippen molar-refractivity contribution in [1.82, 2.24) is 15.6 Å². The number of aryl methyl sites for hydroxylation is 2. The first kappa shape index (κ1) is 22.9. The van der Waals surface area contributed by atoms with Crippen molar-refractivity contribution in [2.75, 3.05) is 19.7 Å². The monoisotopic (exact) mass is 426 g/mol. The molecule has 0 aliphatic carbocycles. The van der Waals surface area contributed by atoms with Gasteiger partial charge in [0.25, 0.3) is 0 Å². The molecule has 0 fully saturated rings. The number of nitrogens with zero attached hydrogens (tertiary/aromatic N) is 2. The van der Waals surface area contributed by atoms with Crippen LogP contribution in [0, 0.1) is 6.92 Å². The Morgan fingerprint density at radius 3 is 2.76 bits per heavy atom. The summed E-state index contributed by atoms with van der Waals surface area (Å²) >= 11 is 1.67. The molecule has 160 valence electrons. The van der Waals surface area contributed by atoms with Crippen molar-refractivity contribution in [1.29, 1.82) is 0 Å². The van der Waals surface area contributed by atoms with Crippen molar-refractivity contribution >= 4 is 17.3 Å². The maximum absolute atomic E-state index is 12.8. The number of para-hydroxylation sites is 1. The Morgan fingerprint density at radius 1 is 1.28 bits per heavy atom. The van der Waals surface area contributed by atoms with Crippen LogP contribution in [0.2, 0.25) is 0 Å². The normalized spacial score (nSPS) is 11.6. The van der Waals surface area contributed by atoms with E-state index in [1.807, 2.05) is 19.2 Å². The number of aromatic nitrogens is 1. The van der Waals surface area contributed by atoms with Gasteiger partial charge in [-0.15, -0.1) is 11.3 Å². The summed E-state index contributed by atoms with van der Waals surface area (Å²) < 4.78 is 35.8. The summed E-state index contributed by atoms with van der Waals surface area (Å²) in [5.41, 5.74) is 1.58. The summed E-state index contributed by atoms with van der Waals surface area (Å²) in [6.07, 6.45) is 1.81. The topological polar surface area (TPSA) is 67.8 Å². The van der Waals surface area contributed by atoms with Crippen LogP contribution in [-0.2, 0) is 13.0 Å². The van der Waals surface area contributed by atoms with E-state index in [9.17, 15) is 8.78 Å². The Labute approximate surface area is 174 Å². The van der Waals surface area contributed by atoms with Gasteiger partial charge in [0.1, 0.15) is 0 Å². The molecule has 9 heteroatoms. The summed E-state index contributed by atoms with van der Waals surface area (Å²) in [6, 6.07) is 5.06. The van der Waals surface area contributed by atoms with Crippen LogP contribution in [0.3, 0.4) is 0 Å². The molecule has 0 atom stereocenters. The van der Waals surface area contributed by atoms with Crippen LogP contribution in [-0.4, -0.2) is 37.3 Å². The molecular weight excluding hydrogens is 398 g/mol. The van der Waals surface area contributed by atoms with Gasteiger partial charge in [-0.25, -0.2) is 9.98 Å². The molecule has 2 rings (SSSR count). The van der Waals surface area contributed by atoms with Crippen LogP contribution in [0.15, 0.2) is 28.6 Å². The zero-order valence-electron chi connectivity index (χ0n) is 17.0. The second-order valence-electron chi connectivity index (χ2n) is 6.16. The van der Waals surface area contributed by atoms with Gasteiger partial charge in [0.05, 0.1) is 18.2 Å². The quantitative estimate of drug-likeness (QED) is 0.321. The molecule has 2 N–H and O–H groups in total. The highest BCUT2D eigenvalue weighted by Crippen LogP contribution is 2.33. The number of ether oxygens (including phenoxy) is 2. The van der Waals surface area contributed by atoms with Crippen molar-refractivity contribution in [3.8, 4) is 11.5 Å². The largest absolute Gasteiger partial charge is 0.490 e. The third-order valence-corrected chi connectivity index (χ3v) is 4.87. The second kappa shape index (κ2) is 12.2. The average molecular weight is 427 g/mol. The summed E-state index contributed by atoms with van der Waals surface area (Å²) in [5, 5.41) is 9.59. The molecule has 0 spiro atoms. The lowest BCUT2D eigenvalue weighted by Crippen LogP contribution is -2.37. The number of benzene rings is 1. The Balaban J connectivity index is 2.00. The molecule has 2 aromatic rings. The Kier molecular flexibility index (Phi) is 9.63. The molecule has 0 saturated carbocycles. The van der Waals surface area contributed by atoms with Gasteiger partial charge in [0.2, 0.25) is 0 Å². The number of aliphatic imine (C=N–C) groups is 1. The van der Waals surface area contributed by atoms with Crippen LogP contribution >= 0.6 is 11.3 Å².